The normalized spacial score (nSPS) is 22.4. The molecule has 0 fully saturated rings. The summed E-state index contributed by atoms with van der Waals surface area (Å²) in [6, 6.07) is 26.1. The highest BCUT2D eigenvalue weighted by Crippen LogP contribution is 2.50. The van der Waals surface area contributed by atoms with Crippen molar-refractivity contribution in [3.05, 3.63) is 107 Å². The molecule has 1 heterocycles. The molecule has 0 amide bonds. The van der Waals surface area contributed by atoms with Crippen LogP contribution in [0.3, 0.4) is 0 Å². The number of halogens is 1. The Morgan fingerprint density at radius 1 is 0.964 bits per heavy atom. The third kappa shape index (κ3) is 3.47. The second-order valence-corrected chi connectivity index (χ2v) is 9.04. The molecule has 28 heavy (non-hydrogen) atoms. The molecule has 0 radical (unpaired) electrons. The maximum absolute atomic E-state index is 6.27. The van der Waals surface area contributed by atoms with Crippen molar-refractivity contribution < 1.29 is 0 Å². The second kappa shape index (κ2) is 7.69. The van der Waals surface area contributed by atoms with Gasteiger partial charge in [0.2, 0.25) is 0 Å². The molecular weight excluding hydrogens is 382 g/mol. The van der Waals surface area contributed by atoms with Crippen LogP contribution in [0.1, 0.15) is 35.1 Å². The van der Waals surface area contributed by atoms with Crippen LogP contribution in [-0.2, 0) is 5.75 Å². The number of allylic oxidation sites excluding steroid dienone is 2. The average Bonchev–Trinajstić information content (AvgIpc) is 3.23. The molecule has 2 aliphatic rings. The lowest BCUT2D eigenvalue weighted by atomic mass is 9.76. The number of fused-ring (bicyclic) bond motifs is 3. The SMILES string of the molecule is Clc1cccc([C@@H]2Nc3ccc(CSc4ccccc4)cc3[C@H]3C=CC[C@H]32)c1. The van der Waals surface area contributed by atoms with Crippen LogP contribution in [0.4, 0.5) is 5.69 Å². The minimum absolute atomic E-state index is 0.302. The van der Waals surface area contributed by atoms with E-state index < -0.39 is 0 Å². The first-order valence-corrected chi connectivity index (χ1v) is 11.1. The van der Waals surface area contributed by atoms with E-state index in [0.717, 1.165) is 17.2 Å². The summed E-state index contributed by atoms with van der Waals surface area (Å²) in [4.78, 5) is 1.32. The maximum atomic E-state index is 6.27. The van der Waals surface area contributed by atoms with Crippen molar-refractivity contribution in [3.63, 3.8) is 0 Å². The summed E-state index contributed by atoms with van der Waals surface area (Å²) in [5.74, 6) is 2.01. The highest BCUT2D eigenvalue weighted by Gasteiger charge is 2.37. The predicted octanol–water partition coefficient (Wildman–Crippen LogP) is 7.46. The van der Waals surface area contributed by atoms with Crippen LogP contribution in [0.5, 0.6) is 0 Å². The third-order valence-electron chi connectivity index (χ3n) is 5.78. The van der Waals surface area contributed by atoms with Crippen molar-refractivity contribution in [1.29, 1.82) is 0 Å². The summed E-state index contributed by atoms with van der Waals surface area (Å²) >= 11 is 8.16. The molecule has 3 aromatic carbocycles. The Kier molecular flexibility index (Phi) is 4.92. The highest BCUT2D eigenvalue weighted by molar-refractivity contribution is 7.98. The Balaban J connectivity index is 1.42. The zero-order valence-corrected chi connectivity index (χ0v) is 17.1. The molecule has 0 unspecified atom stereocenters. The number of rotatable bonds is 4. The van der Waals surface area contributed by atoms with Crippen LogP contribution in [-0.4, -0.2) is 0 Å². The summed E-state index contributed by atoms with van der Waals surface area (Å²) in [6.07, 6.45) is 5.85. The fourth-order valence-corrected chi connectivity index (χ4v) is 5.51. The van der Waals surface area contributed by atoms with Crippen LogP contribution in [0.2, 0.25) is 5.02 Å². The van der Waals surface area contributed by atoms with Crippen molar-refractivity contribution in [1.82, 2.24) is 0 Å². The number of nitrogens with one attached hydrogen (secondary N) is 1. The first kappa shape index (κ1) is 17.9. The Bertz CT molecular complexity index is 1010. The lowest BCUT2D eigenvalue weighted by Crippen LogP contribution is -2.29. The van der Waals surface area contributed by atoms with Gasteiger partial charge in [-0.05, 0) is 59.4 Å². The molecule has 0 saturated carbocycles. The zero-order valence-electron chi connectivity index (χ0n) is 15.5. The van der Waals surface area contributed by atoms with Crippen molar-refractivity contribution in [2.24, 2.45) is 5.92 Å². The number of hydrogen-bond donors (Lipinski definition) is 1. The number of thioether (sulfide) groups is 1. The molecule has 1 aliphatic heterocycles. The van der Waals surface area contributed by atoms with Crippen LogP contribution in [0.15, 0.2) is 89.8 Å². The second-order valence-electron chi connectivity index (χ2n) is 7.55. The minimum atomic E-state index is 0.302. The van der Waals surface area contributed by atoms with E-state index in [4.69, 9.17) is 11.6 Å². The fraction of sp³-hybridized carbons (Fsp3) is 0.200. The molecule has 5 rings (SSSR count). The van der Waals surface area contributed by atoms with Crippen LogP contribution < -0.4 is 5.32 Å². The van der Waals surface area contributed by atoms with Gasteiger partial charge in [-0.3, -0.25) is 0 Å². The fourth-order valence-electron chi connectivity index (χ4n) is 4.45. The predicted molar refractivity (Wildman–Crippen MR) is 120 cm³/mol. The van der Waals surface area contributed by atoms with Crippen LogP contribution in [0.25, 0.3) is 0 Å². The quantitative estimate of drug-likeness (QED) is 0.358. The molecule has 0 aromatic heterocycles. The maximum Gasteiger partial charge on any atom is 0.0554 e. The van der Waals surface area contributed by atoms with Crippen molar-refractivity contribution >= 4 is 29.1 Å². The van der Waals surface area contributed by atoms with E-state index in [1.54, 1.807) is 0 Å². The van der Waals surface area contributed by atoms with Gasteiger partial charge in [-0.15, -0.1) is 11.8 Å². The van der Waals surface area contributed by atoms with Gasteiger partial charge in [-0.1, -0.05) is 66.2 Å². The van der Waals surface area contributed by atoms with E-state index in [1.165, 1.54) is 27.3 Å². The standard InChI is InChI=1S/C25H22ClNS/c26-19-7-4-6-18(15-19)25-22-11-5-10-21(22)23-14-17(12-13-24(23)27-25)16-28-20-8-2-1-3-9-20/h1-10,12-15,21-22,25,27H,11,16H2/t21-,22+,25-/m0/s1. The Labute approximate surface area is 175 Å². The molecule has 1 N–H and O–H groups in total. The molecule has 3 atom stereocenters. The van der Waals surface area contributed by atoms with E-state index in [-0.39, 0.29) is 0 Å². The van der Waals surface area contributed by atoms with Gasteiger partial charge < -0.3 is 5.32 Å². The molecule has 0 bridgehead atoms. The lowest BCUT2D eigenvalue weighted by molar-refractivity contribution is 0.425. The van der Waals surface area contributed by atoms with Crippen LogP contribution in [0, 0.1) is 5.92 Å². The van der Waals surface area contributed by atoms with Crippen LogP contribution >= 0.6 is 23.4 Å². The molecule has 3 heteroatoms. The van der Waals surface area contributed by atoms with Gasteiger partial charge >= 0.3 is 0 Å². The molecule has 0 saturated heterocycles. The first-order valence-electron chi connectivity index (χ1n) is 9.77. The summed E-state index contributed by atoms with van der Waals surface area (Å²) < 4.78 is 0. The van der Waals surface area contributed by atoms with Gasteiger partial charge in [0.25, 0.3) is 0 Å². The number of anilines is 1. The van der Waals surface area contributed by atoms with Gasteiger partial charge in [0.15, 0.2) is 0 Å². The minimum Gasteiger partial charge on any atom is -0.378 e. The molecule has 140 valence electrons. The Morgan fingerprint density at radius 3 is 2.71 bits per heavy atom. The smallest absolute Gasteiger partial charge is 0.0554 e. The number of benzene rings is 3. The Morgan fingerprint density at radius 2 is 1.86 bits per heavy atom. The monoisotopic (exact) mass is 403 g/mol. The average molecular weight is 404 g/mol. The summed E-state index contributed by atoms with van der Waals surface area (Å²) in [5, 5.41) is 4.61. The third-order valence-corrected chi connectivity index (χ3v) is 7.10. The van der Waals surface area contributed by atoms with Gasteiger partial charge in [-0.2, -0.15) is 0 Å². The van der Waals surface area contributed by atoms with E-state index in [9.17, 15) is 0 Å². The summed E-state index contributed by atoms with van der Waals surface area (Å²) in [5.41, 5.74) is 5.35. The van der Waals surface area contributed by atoms with Crippen molar-refractivity contribution in [3.8, 4) is 0 Å². The Hall–Kier alpha value is -2.16. The summed E-state index contributed by atoms with van der Waals surface area (Å²) in [6.45, 7) is 0. The van der Waals surface area contributed by atoms with Gasteiger partial charge in [0.1, 0.15) is 0 Å². The molecule has 1 aliphatic carbocycles. The van der Waals surface area contributed by atoms with Gasteiger partial charge in [-0.25, -0.2) is 0 Å². The van der Waals surface area contributed by atoms with E-state index >= 15 is 0 Å². The van der Waals surface area contributed by atoms with Crippen molar-refractivity contribution in [2.75, 3.05) is 5.32 Å². The lowest BCUT2D eigenvalue weighted by Gasteiger charge is -2.38. The van der Waals surface area contributed by atoms with Gasteiger partial charge in [0, 0.05) is 27.3 Å². The largest absolute Gasteiger partial charge is 0.378 e. The van der Waals surface area contributed by atoms with Gasteiger partial charge in [0.05, 0.1) is 6.04 Å². The molecule has 1 nitrogen and oxygen atoms in total. The highest BCUT2D eigenvalue weighted by atomic mass is 35.5. The molecule has 0 spiro atoms. The zero-order chi connectivity index (χ0) is 18.9. The number of hydrogen-bond acceptors (Lipinski definition) is 2. The summed E-state index contributed by atoms with van der Waals surface area (Å²) in [7, 11) is 0. The van der Waals surface area contributed by atoms with E-state index in [0.29, 0.717) is 17.9 Å². The van der Waals surface area contributed by atoms with E-state index in [2.05, 4.69) is 84.2 Å². The molecular formula is C25H22ClNS. The topological polar surface area (TPSA) is 12.0 Å². The molecule has 3 aromatic rings. The van der Waals surface area contributed by atoms with E-state index in [1.807, 2.05) is 17.8 Å². The first-order chi connectivity index (χ1) is 13.8. The van der Waals surface area contributed by atoms with Crippen molar-refractivity contribution in [2.45, 2.75) is 29.0 Å².